The molecule has 1 aromatic heterocycles. The number of nitrogen functional groups attached to an aromatic ring is 1. The number of nitrogens with two attached hydrogens (primary N) is 1. The number of amidine groups is 1. The Morgan fingerprint density at radius 1 is 1.24 bits per heavy atom. The molecule has 0 fully saturated rings. The molecule has 0 saturated carbocycles. The molecular weight excluding hydrogens is 366 g/mol. The van der Waals surface area contributed by atoms with Crippen LogP contribution in [0.5, 0.6) is 0 Å². The molecule has 2 heterocycles. The van der Waals surface area contributed by atoms with Crippen LogP contribution in [0.3, 0.4) is 0 Å². The third-order valence-electron chi connectivity index (χ3n) is 3.89. The summed E-state index contributed by atoms with van der Waals surface area (Å²) in [6, 6.07) is 10.3. The molecule has 0 aliphatic carbocycles. The van der Waals surface area contributed by atoms with Crippen molar-refractivity contribution in [2.45, 2.75) is 33.2 Å². The number of allylic oxidation sites excluding steroid dienone is 1. The van der Waals surface area contributed by atoms with Crippen molar-refractivity contribution in [2.24, 2.45) is 4.99 Å². The fraction of sp³-hybridized carbons (Fsp3) is 0.409. The second-order valence-corrected chi connectivity index (χ2v) is 5.91. The molecule has 1 aromatic carbocycles. The Balaban J connectivity index is 0.000000527. The molecule has 1 aliphatic rings. The van der Waals surface area contributed by atoms with Gasteiger partial charge in [0.1, 0.15) is 0 Å². The van der Waals surface area contributed by atoms with E-state index in [0.717, 1.165) is 25.3 Å². The number of benzene rings is 1. The van der Waals surface area contributed by atoms with E-state index >= 15 is 0 Å². The zero-order valence-corrected chi connectivity index (χ0v) is 17.9. The standard InChI is InChI=1S/C16H19N5O.C4H8O.C2H6/c1-2-3-7-10-21-11-13(12-8-5-4-6-9-12)18-16(21)14-15(17)20-22-19-14;1-3-4-5-2;1-2/h3-9,13H,2,10-11H2,1H3,(H2,17,20);3H,1,4H2,2H3;1-2H3/b7-3-;;. The van der Waals surface area contributed by atoms with Crippen LogP contribution in [0, 0.1) is 0 Å². The van der Waals surface area contributed by atoms with Gasteiger partial charge in [-0.15, -0.1) is 6.58 Å². The Morgan fingerprint density at radius 3 is 2.48 bits per heavy atom. The predicted octanol–water partition coefficient (Wildman–Crippen LogP) is 4.27. The number of rotatable bonds is 7. The second kappa shape index (κ2) is 14.1. The summed E-state index contributed by atoms with van der Waals surface area (Å²) >= 11 is 0. The Hall–Kier alpha value is -2.93. The van der Waals surface area contributed by atoms with Crippen molar-refractivity contribution in [3.8, 4) is 0 Å². The van der Waals surface area contributed by atoms with Crippen molar-refractivity contribution >= 4 is 11.7 Å². The maximum absolute atomic E-state index is 5.83. The summed E-state index contributed by atoms with van der Waals surface area (Å²) < 4.78 is 9.30. The summed E-state index contributed by atoms with van der Waals surface area (Å²) in [4.78, 5) is 6.94. The normalized spacial score (nSPS) is 15.2. The highest BCUT2D eigenvalue weighted by Gasteiger charge is 2.30. The molecule has 7 heteroatoms. The summed E-state index contributed by atoms with van der Waals surface area (Å²) in [7, 11) is 1.64. The summed E-state index contributed by atoms with van der Waals surface area (Å²) in [5.74, 6) is 1.02. The largest absolute Gasteiger partial charge is 0.381 e. The Labute approximate surface area is 173 Å². The van der Waals surface area contributed by atoms with E-state index in [1.165, 1.54) is 5.56 Å². The van der Waals surface area contributed by atoms with Crippen LogP contribution < -0.4 is 5.73 Å². The van der Waals surface area contributed by atoms with Crippen LogP contribution in [0.2, 0.25) is 0 Å². The van der Waals surface area contributed by atoms with Gasteiger partial charge in [0.25, 0.3) is 0 Å². The maximum Gasteiger partial charge on any atom is 0.199 e. The van der Waals surface area contributed by atoms with Gasteiger partial charge in [0.05, 0.1) is 12.6 Å². The van der Waals surface area contributed by atoms with Crippen molar-refractivity contribution in [3.05, 3.63) is 66.4 Å². The minimum atomic E-state index is 0.0716. The molecule has 158 valence electrons. The third-order valence-corrected chi connectivity index (χ3v) is 3.89. The first-order valence-electron chi connectivity index (χ1n) is 9.92. The van der Waals surface area contributed by atoms with Gasteiger partial charge in [-0.05, 0) is 22.3 Å². The van der Waals surface area contributed by atoms with Crippen LogP contribution >= 0.6 is 0 Å². The van der Waals surface area contributed by atoms with Gasteiger partial charge < -0.3 is 15.4 Å². The highest BCUT2D eigenvalue weighted by atomic mass is 16.6. The van der Waals surface area contributed by atoms with Gasteiger partial charge in [0.2, 0.25) is 0 Å². The average Bonchev–Trinajstić information content (AvgIpc) is 3.37. The Kier molecular flexibility index (Phi) is 11.7. The summed E-state index contributed by atoms with van der Waals surface area (Å²) in [6.45, 7) is 11.7. The zero-order chi connectivity index (χ0) is 21.5. The second-order valence-electron chi connectivity index (χ2n) is 5.91. The summed E-state index contributed by atoms with van der Waals surface area (Å²) in [5.41, 5.74) is 7.52. The molecule has 2 N–H and O–H groups in total. The van der Waals surface area contributed by atoms with Crippen molar-refractivity contribution in [1.29, 1.82) is 0 Å². The van der Waals surface area contributed by atoms with Crippen molar-refractivity contribution < 1.29 is 9.37 Å². The van der Waals surface area contributed by atoms with Crippen molar-refractivity contribution in [2.75, 3.05) is 32.5 Å². The number of anilines is 1. The van der Waals surface area contributed by atoms with Crippen LogP contribution in [0.25, 0.3) is 0 Å². The van der Waals surface area contributed by atoms with Crippen LogP contribution in [0.1, 0.15) is 44.5 Å². The smallest absolute Gasteiger partial charge is 0.199 e. The number of nitrogens with zero attached hydrogens (tertiary/aromatic N) is 4. The van der Waals surface area contributed by atoms with E-state index in [2.05, 4.69) is 57.7 Å². The van der Waals surface area contributed by atoms with E-state index in [-0.39, 0.29) is 11.9 Å². The van der Waals surface area contributed by atoms with Gasteiger partial charge >= 0.3 is 0 Å². The van der Waals surface area contributed by atoms with Crippen molar-refractivity contribution in [3.63, 3.8) is 0 Å². The van der Waals surface area contributed by atoms with Gasteiger partial charge in [0, 0.05) is 20.2 Å². The lowest BCUT2D eigenvalue weighted by Gasteiger charge is -2.18. The number of ether oxygens (including phenoxy) is 1. The molecular formula is C22H33N5O2. The molecule has 0 spiro atoms. The van der Waals surface area contributed by atoms with Gasteiger partial charge in [-0.2, -0.15) is 0 Å². The van der Waals surface area contributed by atoms with E-state index < -0.39 is 0 Å². The number of hydrogen-bond acceptors (Lipinski definition) is 7. The lowest BCUT2D eigenvalue weighted by Crippen LogP contribution is -2.29. The molecule has 0 saturated heterocycles. The van der Waals surface area contributed by atoms with Gasteiger partial charge in [-0.3, -0.25) is 4.99 Å². The average molecular weight is 400 g/mol. The summed E-state index contributed by atoms with van der Waals surface area (Å²) in [6.07, 6.45) is 6.99. The maximum atomic E-state index is 5.83. The van der Waals surface area contributed by atoms with Crippen LogP contribution in [0.4, 0.5) is 5.82 Å². The van der Waals surface area contributed by atoms with Gasteiger partial charge in [-0.1, -0.05) is 69.3 Å². The fourth-order valence-corrected chi connectivity index (χ4v) is 2.63. The monoisotopic (exact) mass is 399 g/mol. The zero-order valence-electron chi connectivity index (χ0n) is 17.9. The van der Waals surface area contributed by atoms with Crippen LogP contribution in [-0.2, 0) is 4.74 Å². The molecule has 0 bridgehead atoms. The van der Waals surface area contributed by atoms with Gasteiger partial charge in [0.15, 0.2) is 17.3 Å². The Morgan fingerprint density at radius 2 is 1.97 bits per heavy atom. The van der Waals surface area contributed by atoms with Crippen LogP contribution in [-0.4, -0.2) is 47.9 Å². The number of hydrogen-bond donors (Lipinski definition) is 1. The fourth-order valence-electron chi connectivity index (χ4n) is 2.63. The molecule has 0 amide bonds. The summed E-state index contributed by atoms with van der Waals surface area (Å²) in [5, 5.41) is 7.55. The minimum Gasteiger partial charge on any atom is -0.381 e. The molecule has 0 radical (unpaired) electrons. The number of aromatic nitrogens is 2. The molecule has 2 aromatic rings. The third kappa shape index (κ3) is 7.54. The quantitative estimate of drug-likeness (QED) is 0.700. The van der Waals surface area contributed by atoms with Crippen LogP contribution in [0.15, 0.2) is 64.8 Å². The SMILES string of the molecule is C=CCOC.CC.CC/C=C\CN1CC(c2ccccc2)N=C1c1nonc1N. The highest BCUT2D eigenvalue weighted by molar-refractivity contribution is 6.01. The lowest BCUT2D eigenvalue weighted by atomic mass is 10.1. The molecule has 1 atom stereocenters. The minimum absolute atomic E-state index is 0.0716. The molecule has 1 unspecified atom stereocenters. The number of methoxy groups -OCH3 is 1. The molecule has 1 aliphatic heterocycles. The van der Waals surface area contributed by atoms with E-state index in [9.17, 15) is 0 Å². The first kappa shape index (κ1) is 24.1. The van der Waals surface area contributed by atoms with E-state index in [1.807, 2.05) is 32.0 Å². The Bertz CT molecular complexity index is 756. The van der Waals surface area contributed by atoms with E-state index in [1.54, 1.807) is 13.2 Å². The number of aliphatic imine (C=N–C) groups is 1. The first-order chi connectivity index (χ1) is 14.2. The molecule has 7 nitrogen and oxygen atoms in total. The molecule has 3 rings (SSSR count). The van der Waals surface area contributed by atoms with E-state index in [4.69, 9.17) is 15.4 Å². The first-order valence-corrected chi connectivity index (χ1v) is 9.92. The van der Waals surface area contributed by atoms with Gasteiger partial charge in [-0.25, -0.2) is 4.63 Å². The molecule has 29 heavy (non-hydrogen) atoms. The predicted molar refractivity (Wildman–Crippen MR) is 119 cm³/mol. The highest BCUT2D eigenvalue weighted by Crippen LogP contribution is 2.27. The van der Waals surface area contributed by atoms with Crippen molar-refractivity contribution in [1.82, 2.24) is 15.2 Å². The van der Waals surface area contributed by atoms with E-state index in [0.29, 0.717) is 12.3 Å². The topological polar surface area (TPSA) is 89.8 Å². The lowest BCUT2D eigenvalue weighted by molar-refractivity contribution is 0.234.